The number of methoxy groups -OCH3 is 2. The molecule has 2 saturated heterocycles. The minimum Gasteiger partial charge on any atom is -0.493 e. The second-order valence-corrected chi connectivity index (χ2v) is 10.6. The van der Waals surface area contributed by atoms with Crippen LogP contribution in [0.25, 0.3) is 10.9 Å². The zero-order chi connectivity index (χ0) is 27.7. The lowest BCUT2D eigenvalue weighted by Crippen LogP contribution is -2.50. The van der Waals surface area contributed by atoms with Gasteiger partial charge in [-0.2, -0.15) is 4.98 Å². The second-order valence-electron chi connectivity index (χ2n) is 10.2. The Bertz CT molecular complexity index is 1380. The number of rotatable bonds is 7. The number of anilines is 3. The highest BCUT2D eigenvalue weighted by molar-refractivity contribution is 6.30. The maximum absolute atomic E-state index is 14.7. The number of hydrogen-bond acceptors (Lipinski definition) is 8. The van der Waals surface area contributed by atoms with Gasteiger partial charge in [-0.3, -0.25) is 9.69 Å². The predicted molar refractivity (Wildman–Crippen MR) is 165 cm³/mol. The number of likely N-dealkylation sites (N-methyl/N-ethyl adjacent to an activating group) is 2. The zero-order valence-electron chi connectivity index (χ0n) is 23.5. The summed E-state index contributed by atoms with van der Waals surface area (Å²) in [6.07, 6.45) is 3.59. The summed E-state index contributed by atoms with van der Waals surface area (Å²) >= 11 is 5.95. The second kappa shape index (κ2) is 13.9. The maximum atomic E-state index is 14.7. The summed E-state index contributed by atoms with van der Waals surface area (Å²) in [5.74, 6) is 1.73. The van der Waals surface area contributed by atoms with Gasteiger partial charge in [0.15, 0.2) is 11.5 Å². The van der Waals surface area contributed by atoms with E-state index in [1.807, 2.05) is 19.0 Å². The first-order valence-electron chi connectivity index (χ1n) is 13.2. The van der Waals surface area contributed by atoms with Crippen molar-refractivity contribution in [2.75, 3.05) is 58.2 Å². The quantitative estimate of drug-likeness (QED) is 0.365. The Hall–Kier alpha value is -2.79. The molecule has 5 rings (SSSR count). The van der Waals surface area contributed by atoms with Gasteiger partial charge in [-0.25, -0.2) is 9.37 Å². The average Bonchev–Trinajstić information content (AvgIpc) is 3.38. The normalized spacial score (nSPS) is 17.5. The molecule has 0 unspecified atom stereocenters. The fraction of sp³-hybridized carbons (Fsp3) is 0.464. The van der Waals surface area contributed by atoms with Crippen LogP contribution >= 0.6 is 36.4 Å². The minimum atomic E-state index is -0.488. The molecule has 3 aromatic rings. The fourth-order valence-corrected chi connectivity index (χ4v) is 5.65. The summed E-state index contributed by atoms with van der Waals surface area (Å²) in [6, 6.07) is 8.16. The van der Waals surface area contributed by atoms with E-state index in [1.54, 1.807) is 38.5 Å². The van der Waals surface area contributed by atoms with Crippen LogP contribution in [0, 0.1) is 5.82 Å². The third-order valence-corrected chi connectivity index (χ3v) is 8.06. The summed E-state index contributed by atoms with van der Waals surface area (Å²) in [7, 11) is 7.07. The molecular weight excluding hydrogens is 594 g/mol. The molecule has 1 aromatic heterocycles. The van der Waals surface area contributed by atoms with Crippen molar-refractivity contribution in [3.8, 4) is 11.5 Å². The largest absolute Gasteiger partial charge is 0.493 e. The van der Waals surface area contributed by atoms with Crippen molar-refractivity contribution in [1.82, 2.24) is 19.8 Å². The number of likely N-dealkylation sites (tertiary alicyclic amines) is 1. The SMILES string of the molecule is COc1cc2nc(N3CCC(N(C)C(=O)[C@@H]4CCCN4C)CC3)nc(Nc3ccc(Cl)cc3F)c2cc1OC.Cl.Cl. The molecule has 0 spiro atoms. The first-order chi connectivity index (χ1) is 18.8. The molecule has 13 heteroatoms. The first kappa shape index (κ1) is 32.7. The Kier molecular flexibility index (Phi) is 11.1. The molecule has 0 radical (unpaired) electrons. The molecule has 1 amide bonds. The molecule has 2 aromatic carbocycles. The van der Waals surface area contributed by atoms with E-state index in [2.05, 4.69) is 15.1 Å². The number of fused-ring (bicyclic) bond motifs is 1. The van der Waals surface area contributed by atoms with Gasteiger partial charge in [0, 0.05) is 42.7 Å². The van der Waals surface area contributed by atoms with Crippen molar-refractivity contribution in [2.24, 2.45) is 0 Å². The van der Waals surface area contributed by atoms with E-state index in [1.165, 1.54) is 6.07 Å². The number of halogens is 4. The summed E-state index contributed by atoms with van der Waals surface area (Å²) in [6.45, 7) is 2.35. The van der Waals surface area contributed by atoms with Crippen molar-refractivity contribution < 1.29 is 18.7 Å². The molecule has 0 aliphatic carbocycles. The van der Waals surface area contributed by atoms with E-state index in [-0.39, 0.29) is 48.5 Å². The van der Waals surface area contributed by atoms with Gasteiger partial charge >= 0.3 is 0 Å². The Morgan fingerprint density at radius 1 is 1.05 bits per heavy atom. The molecular formula is C28H36Cl3FN6O3. The number of amides is 1. The standard InChI is InChI=1S/C28H34ClFN6O3.2ClH/c1-34-11-5-6-23(34)27(37)35(2)18-9-12-36(13-10-18)28-32-22-16-25(39-4)24(38-3)15-19(22)26(33-28)31-21-8-7-17(29)14-20(21)30;;/h7-8,14-16,18,23H,5-6,9-13H2,1-4H3,(H,31,32,33);2*1H/t23-;;/m0../s1. The maximum Gasteiger partial charge on any atom is 0.239 e. The number of carbonyl (C=O) groups is 1. The van der Waals surface area contributed by atoms with Gasteiger partial charge in [0.25, 0.3) is 0 Å². The molecule has 3 heterocycles. The number of benzene rings is 2. The average molecular weight is 630 g/mol. The fourth-order valence-electron chi connectivity index (χ4n) is 5.49. The Morgan fingerprint density at radius 2 is 1.73 bits per heavy atom. The summed E-state index contributed by atoms with van der Waals surface area (Å²) in [5, 5.41) is 4.09. The van der Waals surface area contributed by atoms with Gasteiger partial charge in [-0.05, 0) is 63.5 Å². The van der Waals surface area contributed by atoms with E-state index in [9.17, 15) is 9.18 Å². The molecule has 0 bridgehead atoms. The molecule has 224 valence electrons. The van der Waals surface area contributed by atoms with Gasteiger partial charge in [-0.1, -0.05) is 11.6 Å². The van der Waals surface area contributed by atoms with Gasteiger partial charge in [-0.15, -0.1) is 24.8 Å². The van der Waals surface area contributed by atoms with Crippen LogP contribution in [0.3, 0.4) is 0 Å². The highest BCUT2D eigenvalue weighted by atomic mass is 35.5. The minimum absolute atomic E-state index is 0. The van der Waals surface area contributed by atoms with E-state index in [4.69, 9.17) is 31.0 Å². The first-order valence-corrected chi connectivity index (χ1v) is 13.5. The van der Waals surface area contributed by atoms with Gasteiger partial charge in [0.05, 0.1) is 31.5 Å². The van der Waals surface area contributed by atoms with Crippen LogP contribution < -0.4 is 19.7 Å². The van der Waals surface area contributed by atoms with Crippen molar-refractivity contribution in [3.63, 3.8) is 0 Å². The van der Waals surface area contributed by atoms with E-state index in [0.29, 0.717) is 52.3 Å². The van der Waals surface area contributed by atoms with Crippen LogP contribution in [0.2, 0.25) is 5.02 Å². The number of hydrogen-bond donors (Lipinski definition) is 1. The van der Waals surface area contributed by atoms with Crippen LogP contribution in [-0.2, 0) is 4.79 Å². The summed E-state index contributed by atoms with van der Waals surface area (Å²) < 4.78 is 25.7. The lowest BCUT2D eigenvalue weighted by molar-refractivity contribution is -0.136. The topological polar surface area (TPSA) is 83.1 Å². The van der Waals surface area contributed by atoms with Gasteiger partial charge in [0.1, 0.15) is 11.6 Å². The molecule has 2 fully saturated rings. The van der Waals surface area contributed by atoms with Crippen LogP contribution in [0.5, 0.6) is 11.5 Å². The number of nitrogens with one attached hydrogen (secondary N) is 1. The number of piperidine rings is 1. The molecule has 41 heavy (non-hydrogen) atoms. The zero-order valence-corrected chi connectivity index (χ0v) is 25.9. The van der Waals surface area contributed by atoms with E-state index in [0.717, 1.165) is 32.2 Å². The van der Waals surface area contributed by atoms with Crippen molar-refractivity contribution >= 4 is 70.7 Å². The van der Waals surface area contributed by atoms with E-state index < -0.39 is 5.82 Å². The number of ether oxygens (including phenoxy) is 2. The summed E-state index contributed by atoms with van der Waals surface area (Å²) in [5.41, 5.74) is 0.879. The third-order valence-electron chi connectivity index (χ3n) is 7.82. The number of carbonyl (C=O) groups excluding carboxylic acids is 1. The van der Waals surface area contributed by atoms with Crippen molar-refractivity contribution in [2.45, 2.75) is 37.8 Å². The van der Waals surface area contributed by atoms with Gasteiger partial charge < -0.3 is 24.6 Å². The van der Waals surface area contributed by atoms with Crippen LogP contribution in [0.1, 0.15) is 25.7 Å². The lowest BCUT2D eigenvalue weighted by atomic mass is 10.0. The number of nitrogens with zero attached hydrogens (tertiary/aromatic N) is 5. The Labute approximate surface area is 257 Å². The Balaban J connectivity index is 0.00000231. The van der Waals surface area contributed by atoms with Crippen molar-refractivity contribution in [1.29, 1.82) is 0 Å². The molecule has 9 nitrogen and oxygen atoms in total. The van der Waals surface area contributed by atoms with Crippen molar-refractivity contribution in [3.05, 3.63) is 41.2 Å². The molecule has 2 aliphatic heterocycles. The molecule has 0 saturated carbocycles. The third kappa shape index (κ3) is 6.83. The van der Waals surface area contributed by atoms with Gasteiger partial charge in [0.2, 0.25) is 11.9 Å². The lowest BCUT2D eigenvalue weighted by Gasteiger charge is -2.38. The predicted octanol–water partition coefficient (Wildman–Crippen LogP) is 5.55. The highest BCUT2D eigenvalue weighted by Crippen LogP contribution is 2.37. The highest BCUT2D eigenvalue weighted by Gasteiger charge is 2.34. The van der Waals surface area contributed by atoms with Crippen LogP contribution in [0.4, 0.5) is 21.8 Å². The summed E-state index contributed by atoms with van der Waals surface area (Å²) in [4.78, 5) is 28.9. The smallest absolute Gasteiger partial charge is 0.239 e. The number of aromatic nitrogens is 2. The van der Waals surface area contributed by atoms with Crippen LogP contribution in [0.15, 0.2) is 30.3 Å². The molecule has 1 N–H and O–H groups in total. The van der Waals surface area contributed by atoms with Crippen LogP contribution in [-0.4, -0.2) is 85.7 Å². The monoisotopic (exact) mass is 628 g/mol. The molecule has 2 aliphatic rings. The van der Waals surface area contributed by atoms with E-state index >= 15 is 0 Å². The molecule has 1 atom stereocenters. The Morgan fingerprint density at radius 3 is 2.34 bits per heavy atom.